The van der Waals surface area contributed by atoms with Crippen LogP contribution in [0.1, 0.15) is 54.3 Å². The van der Waals surface area contributed by atoms with Crippen LogP contribution in [0, 0.1) is 0 Å². The Morgan fingerprint density at radius 1 is 1.23 bits per heavy atom. The molecule has 0 rings (SSSR count). The summed E-state index contributed by atoms with van der Waals surface area (Å²) < 4.78 is 0. The molecular weight excluding hydrogens is 166 g/mol. The van der Waals surface area contributed by atoms with E-state index < -0.39 is 6.09 Å². The molecule has 0 heterocycles. The molecule has 0 unspecified atom stereocenters. The van der Waals surface area contributed by atoms with Gasteiger partial charge >= 0.3 is 6.09 Å². The number of amides is 1. The second-order valence-electron chi connectivity index (χ2n) is 2.65. The van der Waals surface area contributed by atoms with Crippen LogP contribution in [0.3, 0.4) is 0 Å². The highest BCUT2D eigenvalue weighted by Crippen LogP contribution is 2.00. The average molecular weight is 191 g/mol. The van der Waals surface area contributed by atoms with Crippen LogP contribution in [0.4, 0.5) is 4.79 Å². The van der Waals surface area contributed by atoms with Crippen molar-refractivity contribution in [2.75, 3.05) is 6.54 Å². The third-order valence-electron chi connectivity index (χ3n) is 1.56. The molecule has 0 radical (unpaired) electrons. The van der Waals surface area contributed by atoms with Gasteiger partial charge in [-0.1, -0.05) is 46.5 Å². The molecule has 0 aliphatic rings. The Kier molecular flexibility index (Phi) is 15.7. The Hall–Kier alpha value is -0.730. The standard InChI is InChI=1S/C8H17NO2.C2H6.H2/c1-2-3-4-5-6-7-9-8(10)11;1-2;/h9H,2-7H2,1H3,(H,10,11);1-2H3;1H. The highest BCUT2D eigenvalue weighted by atomic mass is 16.4. The fourth-order valence-corrected chi connectivity index (χ4v) is 0.924. The molecule has 0 fully saturated rings. The van der Waals surface area contributed by atoms with Crippen molar-refractivity contribution in [3.8, 4) is 0 Å². The number of rotatable bonds is 6. The van der Waals surface area contributed by atoms with Gasteiger partial charge in [-0.15, -0.1) is 0 Å². The van der Waals surface area contributed by atoms with Gasteiger partial charge in [-0.25, -0.2) is 4.79 Å². The molecule has 3 heteroatoms. The number of carbonyl (C=O) groups is 1. The van der Waals surface area contributed by atoms with Gasteiger partial charge in [-0.2, -0.15) is 0 Å². The first kappa shape index (κ1) is 14.8. The third-order valence-corrected chi connectivity index (χ3v) is 1.56. The fourth-order valence-electron chi connectivity index (χ4n) is 0.924. The molecule has 0 bridgehead atoms. The quantitative estimate of drug-likeness (QED) is 0.631. The normalized spacial score (nSPS) is 8.54. The van der Waals surface area contributed by atoms with E-state index >= 15 is 0 Å². The summed E-state index contributed by atoms with van der Waals surface area (Å²) in [5.41, 5.74) is 0. The van der Waals surface area contributed by atoms with Gasteiger partial charge in [-0.3, -0.25) is 0 Å². The summed E-state index contributed by atoms with van der Waals surface area (Å²) in [5.74, 6) is 0. The molecule has 3 nitrogen and oxygen atoms in total. The molecule has 0 saturated carbocycles. The summed E-state index contributed by atoms with van der Waals surface area (Å²) in [6.45, 7) is 6.76. The van der Waals surface area contributed by atoms with Crippen molar-refractivity contribution in [2.45, 2.75) is 52.9 Å². The second kappa shape index (κ2) is 13.8. The molecular formula is C10H25NO2. The van der Waals surface area contributed by atoms with Crippen molar-refractivity contribution in [1.82, 2.24) is 5.32 Å². The predicted molar refractivity (Wildman–Crippen MR) is 58.2 cm³/mol. The van der Waals surface area contributed by atoms with E-state index in [2.05, 4.69) is 12.2 Å². The molecule has 0 aliphatic carbocycles. The molecule has 0 aliphatic heterocycles. The van der Waals surface area contributed by atoms with Crippen molar-refractivity contribution in [2.24, 2.45) is 0 Å². The molecule has 0 aromatic heterocycles. The number of hydrogen-bond donors (Lipinski definition) is 2. The van der Waals surface area contributed by atoms with E-state index in [9.17, 15) is 4.79 Å². The van der Waals surface area contributed by atoms with E-state index in [0.29, 0.717) is 6.54 Å². The minimum absolute atomic E-state index is 0. The second-order valence-corrected chi connectivity index (χ2v) is 2.65. The Labute approximate surface area is 83.0 Å². The number of carboxylic acid groups (broad SMARTS) is 1. The minimum Gasteiger partial charge on any atom is -0.465 e. The summed E-state index contributed by atoms with van der Waals surface area (Å²) in [7, 11) is 0. The summed E-state index contributed by atoms with van der Waals surface area (Å²) >= 11 is 0. The van der Waals surface area contributed by atoms with Gasteiger partial charge < -0.3 is 10.4 Å². The van der Waals surface area contributed by atoms with Gasteiger partial charge in [-0.05, 0) is 6.42 Å². The van der Waals surface area contributed by atoms with Gasteiger partial charge in [0.2, 0.25) is 0 Å². The average Bonchev–Trinajstić information content (AvgIpc) is 2.14. The molecule has 13 heavy (non-hydrogen) atoms. The molecule has 2 N–H and O–H groups in total. The lowest BCUT2D eigenvalue weighted by molar-refractivity contribution is 0.194. The monoisotopic (exact) mass is 191 g/mol. The van der Waals surface area contributed by atoms with E-state index in [1.807, 2.05) is 13.8 Å². The number of nitrogens with one attached hydrogen (secondary N) is 1. The first-order valence-electron chi connectivity index (χ1n) is 5.24. The summed E-state index contributed by atoms with van der Waals surface area (Å²) in [6, 6.07) is 0. The molecule has 0 aromatic carbocycles. The lowest BCUT2D eigenvalue weighted by atomic mass is 10.1. The van der Waals surface area contributed by atoms with E-state index in [1.165, 1.54) is 19.3 Å². The van der Waals surface area contributed by atoms with Gasteiger partial charge in [0.25, 0.3) is 0 Å². The van der Waals surface area contributed by atoms with Crippen molar-refractivity contribution >= 4 is 6.09 Å². The van der Waals surface area contributed by atoms with Crippen molar-refractivity contribution in [3.63, 3.8) is 0 Å². The Balaban J connectivity index is -0.000000376. The van der Waals surface area contributed by atoms with Crippen molar-refractivity contribution in [3.05, 3.63) is 0 Å². The van der Waals surface area contributed by atoms with Crippen LogP contribution in [0.5, 0.6) is 0 Å². The van der Waals surface area contributed by atoms with Crippen LogP contribution >= 0.6 is 0 Å². The van der Waals surface area contributed by atoms with Gasteiger partial charge in [0.1, 0.15) is 0 Å². The number of hydrogen-bond acceptors (Lipinski definition) is 1. The maximum absolute atomic E-state index is 9.98. The maximum atomic E-state index is 9.98. The van der Waals surface area contributed by atoms with E-state index in [4.69, 9.17) is 5.11 Å². The van der Waals surface area contributed by atoms with Gasteiger partial charge in [0.05, 0.1) is 0 Å². The van der Waals surface area contributed by atoms with Crippen LogP contribution in [0.15, 0.2) is 0 Å². The van der Waals surface area contributed by atoms with E-state index in [-0.39, 0.29) is 1.43 Å². The van der Waals surface area contributed by atoms with Crippen molar-refractivity contribution in [1.29, 1.82) is 0 Å². The molecule has 0 atom stereocenters. The predicted octanol–water partition coefficient (Wildman–Crippen LogP) is 3.50. The van der Waals surface area contributed by atoms with Crippen LogP contribution in [0.25, 0.3) is 0 Å². The highest BCUT2D eigenvalue weighted by molar-refractivity contribution is 5.64. The Bertz CT molecular complexity index is 110. The summed E-state index contributed by atoms with van der Waals surface area (Å²) in [4.78, 5) is 9.98. The molecule has 1 amide bonds. The highest BCUT2D eigenvalue weighted by Gasteiger charge is 1.92. The maximum Gasteiger partial charge on any atom is 0.404 e. The SMILES string of the molecule is CC.CCCCCCCNC(=O)O.[HH]. The van der Waals surface area contributed by atoms with Gasteiger partial charge in [0.15, 0.2) is 0 Å². The van der Waals surface area contributed by atoms with Crippen LogP contribution in [-0.4, -0.2) is 17.7 Å². The lowest BCUT2D eigenvalue weighted by Gasteiger charge is -1.99. The molecule has 0 saturated heterocycles. The van der Waals surface area contributed by atoms with Crippen LogP contribution in [0.2, 0.25) is 0 Å². The van der Waals surface area contributed by atoms with Crippen LogP contribution < -0.4 is 5.32 Å². The van der Waals surface area contributed by atoms with Crippen LogP contribution in [-0.2, 0) is 0 Å². The molecule has 82 valence electrons. The van der Waals surface area contributed by atoms with E-state index in [0.717, 1.165) is 12.8 Å². The molecule has 0 aromatic rings. The first-order valence-corrected chi connectivity index (χ1v) is 5.24. The zero-order chi connectivity index (χ0) is 10.5. The topological polar surface area (TPSA) is 49.3 Å². The largest absolute Gasteiger partial charge is 0.465 e. The smallest absolute Gasteiger partial charge is 0.404 e. The zero-order valence-electron chi connectivity index (χ0n) is 9.10. The summed E-state index contributed by atoms with van der Waals surface area (Å²) in [5, 5.41) is 10.5. The number of unbranched alkanes of at least 4 members (excludes halogenated alkanes) is 4. The molecule has 0 spiro atoms. The fraction of sp³-hybridized carbons (Fsp3) is 0.900. The van der Waals surface area contributed by atoms with E-state index in [1.54, 1.807) is 0 Å². The Morgan fingerprint density at radius 3 is 2.23 bits per heavy atom. The first-order chi connectivity index (χ1) is 6.27. The third kappa shape index (κ3) is 18.3. The zero-order valence-corrected chi connectivity index (χ0v) is 9.10. The minimum atomic E-state index is -0.916. The van der Waals surface area contributed by atoms with Gasteiger partial charge in [0, 0.05) is 7.97 Å². The summed E-state index contributed by atoms with van der Waals surface area (Å²) in [6.07, 6.45) is 4.89. The Morgan fingerprint density at radius 2 is 1.77 bits per heavy atom. The lowest BCUT2D eigenvalue weighted by Crippen LogP contribution is -2.21. The van der Waals surface area contributed by atoms with Crippen molar-refractivity contribution < 1.29 is 11.3 Å².